The maximum Gasteiger partial charge on any atom is 0.416 e. The number of nitrogens with one attached hydrogen (secondary N) is 1. The lowest BCUT2D eigenvalue weighted by Gasteiger charge is -2.09. The molecule has 2 nitrogen and oxygen atoms in total. The number of alkyl halides is 3. The fraction of sp³-hybridized carbons (Fsp3) is 0.240. The second-order valence-electron chi connectivity index (χ2n) is 6.96. The Balaban J connectivity index is 0.00000132. The number of halogens is 3. The second kappa shape index (κ2) is 10.1. The lowest BCUT2D eigenvalue weighted by molar-refractivity contribution is -0.137. The van der Waals surface area contributed by atoms with E-state index in [2.05, 4.69) is 16.0 Å². The van der Waals surface area contributed by atoms with Gasteiger partial charge in [0.1, 0.15) is 0 Å². The summed E-state index contributed by atoms with van der Waals surface area (Å²) in [6.07, 6.45) is 0.339. The van der Waals surface area contributed by atoms with Crippen molar-refractivity contribution in [1.29, 1.82) is 0 Å². The highest BCUT2D eigenvalue weighted by atomic mass is 32.2. The van der Waals surface area contributed by atoms with Gasteiger partial charge in [0.25, 0.3) is 0 Å². The van der Waals surface area contributed by atoms with Crippen LogP contribution in [0.3, 0.4) is 0 Å². The normalized spacial score (nSPS) is 13.7. The van der Waals surface area contributed by atoms with Gasteiger partial charge in [0.15, 0.2) is 5.16 Å². The van der Waals surface area contributed by atoms with E-state index in [1.807, 2.05) is 57.3 Å². The van der Waals surface area contributed by atoms with E-state index in [1.165, 1.54) is 11.1 Å². The smallest absolute Gasteiger partial charge is 0.333 e. The van der Waals surface area contributed by atoms with Crippen LogP contribution >= 0.6 is 11.8 Å². The summed E-state index contributed by atoms with van der Waals surface area (Å²) in [5, 5.41) is 0.854. The fourth-order valence-corrected chi connectivity index (χ4v) is 4.25. The van der Waals surface area contributed by atoms with Crippen LogP contribution in [-0.4, -0.2) is 15.7 Å². The van der Waals surface area contributed by atoms with Crippen molar-refractivity contribution >= 4 is 17.3 Å². The van der Waals surface area contributed by atoms with E-state index in [0.717, 1.165) is 51.9 Å². The van der Waals surface area contributed by atoms with E-state index in [4.69, 9.17) is 0 Å². The maximum atomic E-state index is 12.8. The molecule has 4 rings (SSSR count). The molecule has 0 unspecified atom stereocenters. The molecule has 0 saturated carbocycles. The Morgan fingerprint density at radius 3 is 2.29 bits per heavy atom. The molecule has 0 radical (unpaired) electrons. The topological polar surface area (TPSA) is 28.7 Å². The van der Waals surface area contributed by atoms with Crippen molar-refractivity contribution in [3.8, 4) is 11.3 Å². The first kappa shape index (κ1) is 22.9. The number of rotatable bonds is 5. The van der Waals surface area contributed by atoms with Crippen LogP contribution in [0.2, 0.25) is 0 Å². The lowest BCUT2D eigenvalue weighted by atomic mass is 10.0. The molecule has 0 aliphatic heterocycles. The van der Waals surface area contributed by atoms with Crippen LogP contribution in [0, 0.1) is 0 Å². The molecule has 1 aromatic heterocycles. The first-order chi connectivity index (χ1) is 14.9. The standard InChI is InChI=1S/C23H19F3N2S.C2H6/c1-15-11-18(16-7-9-20(10-8-16)23(24,25)26)12-19(15)14-29-22-27-13-21(28-22)17-5-3-2-4-6-17;1-2/h2-11,13H,12,14H2,1H3,(H,27,28);1-2H3. The SMILES string of the molecule is CC.CC1=C(CSc2ncc(-c3ccccc3)[nH]2)CC(c2ccc(C(F)(F)F)cc2)=C1. The molecule has 1 N–H and O–H groups in total. The van der Waals surface area contributed by atoms with Crippen LogP contribution in [0.25, 0.3) is 16.8 Å². The second-order valence-corrected chi connectivity index (χ2v) is 7.93. The van der Waals surface area contributed by atoms with Gasteiger partial charge in [0, 0.05) is 5.75 Å². The van der Waals surface area contributed by atoms with Crippen molar-refractivity contribution in [3.63, 3.8) is 0 Å². The Morgan fingerprint density at radius 1 is 0.968 bits per heavy atom. The molecule has 162 valence electrons. The minimum absolute atomic E-state index is 0.618. The molecule has 0 amide bonds. The molecule has 31 heavy (non-hydrogen) atoms. The van der Waals surface area contributed by atoms with E-state index in [9.17, 15) is 13.2 Å². The van der Waals surface area contributed by atoms with Crippen molar-refractivity contribution in [2.24, 2.45) is 0 Å². The number of hydrogen-bond donors (Lipinski definition) is 1. The third kappa shape index (κ3) is 5.70. The van der Waals surface area contributed by atoms with Crippen LogP contribution in [0.4, 0.5) is 13.2 Å². The van der Waals surface area contributed by atoms with Gasteiger partial charge in [-0.1, -0.05) is 85.3 Å². The van der Waals surface area contributed by atoms with E-state index < -0.39 is 11.7 Å². The Kier molecular flexibility index (Phi) is 7.44. The van der Waals surface area contributed by atoms with Gasteiger partial charge in [-0.3, -0.25) is 0 Å². The van der Waals surface area contributed by atoms with Crippen LogP contribution in [0.15, 0.2) is 83.2 Å². The lowest BCUT2D eigenvalue weighted by Crippen LogP contribution is -2.04. The molecule has 0 atom stereocenters. The molecular weight excluding hydrogens is 417 g/mol. The summed E-state index contributed by atoms with van der Waals surface area (Å²) in [4.78, 5) is 7.79. The first-order valence-corrected chi connectivity index (χ1v) is 11.2. The zero-order chi connectivity index (χ0) is 22.4. The summed E-state index contributed by atoms with van der Waals surface area (Å²) < 4.78 is 38.3. The number of benzene rings is 2. The van der Waals surface area contributed by atoms with E-state index >= 15 is 0 Å². The van der Waals surface area contributed by atoms with Gasteiger partial charge in [-0.2, -0.15) is 13.2 Å². The largest absolute Gasteiger partial charge is 0.416 e. The summed E-state index contributed by atoms with van der Waals surface area (Å²) >= 11 is 1.63. The Bertz CT molecular complexity index is 1060. The minimum Gasteiger partial charge on any atom is -0.333 e. The van der Waals surface area contributed by atoms with Crippen molar-refractivity contribution in [2.75, 3.05) is 5.75 Å². The first-order valence-electron chi connectivity index (χ1n) is 10.2. The average Bonchev–Trinajstić information content (AvgIpc) is 3.40. The Morgan fingerprint density at radius 2 is 1.65 bits per heavy atom. The number of H-pyrrole nitrogens is 1. The Labute approximate surface area is 185 Å². The predicted octanol–water partition coefficient (Wildman–Crippen LogP) is 8.02. The molecule has 0 saturated heterocycles. The number of imidazole rings is 1. The van der Waals surface area contributed by atoms with Gasteiger partial charge in [0.2, 0.25) is 0 Å². The minimum atomic E-state index is -4.31. The molecular formula is C25H25F3N2S. The van der Waals surface area contributed by atoms with E-state index in [-0.39, 0.29) is 0 Å². The summed E-state index contributed by atoms with van der Waals surface area (Å²) in [5.74, 6) is 0.786. The monoisotopic (exact) mass is 442 g/mol. The summed E-state index contributed by atoms with van der Waals surface area (Å²) in [6, 6.07) is 15.4. The van der Waals surface area contributed by atoms with Crippen molar-refractivity contribution in [3.05, 3.63) is 89.1 Å². The molecule has 1 aliphatic carbocycles. The highest BCUT2D eigenvalue weighted by molar-refractivity contribution is 7.99. The number of hydrogen-bond acceptors (Lipinski definition) is 2. The predicted molar refractivity (Wildman–Crippen MR) is 123 cm³/mol. The van der Waals surface area contributed by atoms with Gasteiger partial charge in [0.05, 0.1) is 17.5 Å². The van der Waals surface area contributed by atoms with Crippen LogP contribution in [-0.2, 0) is 6.18 Å². The Hall–Kier alpha value is -2.73. The fourth-order valence-electron chi connectivity index (χ4n) is 3.30. The van der Waals surface area contributed by atoms with Gasteiger partial charge < -0.3 is 4.98 Å². The van der Waals surface area contributed by atoms with Crippen LogP contribution < -0.4 is 0 Å². The number of nitrogens with zero attached hydrogens (tertiary/aromatic N) is 1. The van der Waals surface area contributed by atoms with E-state index in [1.54, 1.807) is 23.9 Å². The maximum absolute atomic E-state index is 12.8. The highest BCUT2D eigenvalue weighted by Gasteiger charge is 2.30. The van der Waals surface area contributed by atoms with Crippen LogP contribution in [0.1, 0.15) is 38.3 Å². The molecule has 1 heterocycles. The van der Waals surface area contributed by atoms with Crippen molar-refractivity contribution in [2.45, 2.75) is 38.5 Å². The molecule has 3 aromatic rings. The van der Waals surface area contributed by atoms with Gasteiger partial charge >= 0.3 is 6.18 Å². The summed E-state index contributed by atoms with van der Waals surface area (Å²) in [7, 11) is 0. The third-order valence-electron chi connectivity index (χ3n) is 4.96. The molecule has 6 heteroatoms. The van der Waals surface area contributed by atoms with Gasteiger partial charge in [-0.05, 0) is 42.2 Å². The average molecular weight is 443 g/mol. The van der Waals surface area contributed by atoms with Crippen molar-refractivity contribution in [1.82, 2.24) is 9.97 Å². The summed E-state index contributed by atoms with van der Waals surface area (Å²) in [5.41, 5.74) is 5.78. The zero-order valence-electron chi connectivity index (χ0n) is 17.8. The van der Waals surface area contributed by atoms with Crippen molar-refractivity contribution < 1.29 is 13.2 Å². The third-order valence-corrected chi connectivity index (χ3v) is 5.93. The number of thioether (sulfide) groups is 1. The molecule has 0 spiro atoms. The zero-order valence-corrected chi connectivity index (χ0v) is 18.6. The number of allylic oxidation sites excluding steroid dienone is 3. The molecule has 0 bridgehead atoms. The molecule has 0 fully saturated rings. The molecule has 1 aliphatic rings. The number of aromatic nitrogens is 2. The quantitative estimate of drug-likeness (QED) is 0.405. The number of aromatic amines is 1. The van der Waals surface area contributed by atoms with Crippen LogP contribution in [0.5, 0.6) is 0 Å². The summed E-state index contributed by atoms with van der Waals surface area (Å²) in [6.45, 7) is 6.05. The van der Waals surface area contributed by atoms with Gasteiger partial charge in [-0.25, -0.2) is 4.98 Å². The molecule has 2 aromatic carbocycles. The van der Waals surface area contributed by atoms with Gasteiger partial charge in [-0.15, -0.1) is 0 Å². The highest BCUT2D eigenvalue weighted by Crippen LogP contribution is 2.36. The van der Waals surface area contributed by atoms with E-state index in [0.29, 0.717) is 0 Å².